The number of hydrogen-bond acceptors (Lipinski definition) is 6. The van der Waals surface area contributed by atoms with E-state index in [1.165, 1.54) is 11.3 Å². The standard InChI is InChI=1S/C10H18N4O2S/c1-5-11-9-14-13-8(17-9)7(15)12-6-10(2,3)16-4/h5-6H2,1-4H3,(H,11,14)(H,12,15). The van der Waals surface area contributed by atoms with E-state index in [-0.39, 0.29) is 11.5 Å². The van der Waals surface area contributed by atoms with Crippen molar-refractivity contribution in [2.75, 3.05) is 25.5 Å². The predicted molar refractivity (Wildman–Crippen MR) is 67.5 cm³/mol. The van der Waals surface area contributed by atoms with Gasteiger partial charge in [0.2, 0.25) is 10.1 Å². The highest BCUT2D eigenvalue weighted by Gasteiger charge is 2.19. The van der Waals surface area contributed by atoms with E-state index in [2.05, 4.69) is 20.8 Å². The van der Waals surface area contributed by atoms with Gasteiger partial charge in [0, 0.05) is 20.2 Å². The highest BCUT2D eigenvalue weighted by molar-refractivity contribution is 7.17. The summed E-state index contributed by atoms with van der Waals surface area (Å²) in [5, 5.41) is 14.5. The van der Waals surface area contributed by atoms with Crippen molar-refractivity contribution in [3.8, 4) is 0 Å². The summed E-state index contributed by atoms with van der Waals surface area (Å²) in [6.45, 7) is 6.95. The van der Waals surface area contributed by atoms with Crippen LogP contribution in [0.5, 0.6) is 0 Å². The van der Waals surface area contributed by atoms with E-state index < -0.39 is 0 Å². The van der Waals surface area contributed by atoms with Crippen LogP contribution in [0.1, 0.15) is 30.6 Å². The van der Waals surface area contributed by atoms with Gasteiger partial charge in [0.05, 0.1) is 5.60 Å². The lowest BCUT2D eigenvalue weighted by Gasteiger charge is -2.22. The lowest BCUT2D eigenvalue weighted by atomic mass is 10.1. The summed E-state index contributed by atoms with van der Waals surface area (Å²) in [6.07, 6.45) is 0. The molecule has 7 heteroatoms. The Morgan fingerprint density at radius 3 is 2.76 bits per heavy atom. The van der Waals surface area contributed by atoms with Gasteiger partial charge in [0.25, 0.3) is 5.91 Å². The van der Waals surface area contributed by atoms with Crippen molar-refractivity contribution in [2.24, 2.45) is 0 Å². The van der Waals surface area contributed by atoms with Gasteiger partial charge in [-0.3, -0.25) is 4.79 Å². The van der Waals surface area contributed by atoms with E-state index in [0.29, 0.717) is 16.7 Å². The van der Waals surface area contributed by atoms with Gasteiger partial charge in [-0.1, -0.05) is 11.3 Å². The molecule has 0 bridgehead atoms. The number of carbonyl (C=O) groups excluding carboxylic acids is 1. The van der Waals surface area contributed by atoms with Crippen LogP contribution in [0.25, 0.3) is 0 Å². The zero-order chi connectivity index (χ0) is 12.9. The largest absolute Gasteiger partial charge is 0.377 e. The van der Waals surface area contributed by atoms with Crippen molar-refractivity contribution in [1.29, 1.82) is 0 Å². The number of nitrogens with one attached hydrogen (secondary N) is 2. The van der Waals surface area contributed by atoms with Crippen molar-refractivity contribution in [1.82, 2.24) is 15.5 Å². The van der Waals surface area contributed by atoms with E-state index in [0.717, 1.165) is 6.54 Å². The Morgan fingerprint density at radius 1 is 1.47 bits per heavy atom. The molecule has 0 saturated carbocycles. The number of nitrogens with zero attached hydrogens (tertiary/aromatic N) is 2. The smallest absolute Gasteiger partial charge is 0.282 e. The maximum Gasteiger partial charge on any atom is 0.282 e. The topological polar surface area (TPSA) is 76.1 Å². The predicted octanol–water partition coefficient (Wildman–Crippen LogP) is 1.12. The van der Waals surface area contributed by atoms with E-state index in [4.69, 9.17) is 4.74 Å². The molecule has 0 radical (unpaired) electrons. The summed E-state index contributed by atoms with van der Waals surface area (Å²) in [4.78, 5) is 11.7. The SMILES string of the molecule is CCNc1nnc(C(=O)NCC(C)(C)OC)s1. The van der Waals surface area contributed by atoms with Gasteiger partial charge in [-0.25, -0.2) is 0 Å². The lowest BCUT2D eigenvalue weighted by Crippen LogP contribution is -2.39. The van der Waals surface area contributed by atoms with Crippen LogP contribution in [0.2, 0.25) is 0 Å². The van der Waals surface area contributed by atoms with Crippen LogP contribution < -0.4 is 10.6 Å². The minimum absolute atomic E-state index is 0.225. The summed E-state index contributed by atoms with van der Waals surface area (Å²) in [7, 11) is 1.61. The average Bonchev–Trinajstić information content (AvgIpc) is 2.75. The summed E-state index contributed by atoms with van der Waals surface area (Å²) in [6, 6.07) is 0. The third-order valence-electron chi connectivity index (χ3n) is 2.17. The molecule has 6 nitrogen and oxygen atoms in total. The van der Waals surface area contributed by atoms with Crippen LogP contribution in [0.4, 0.5) is 5.13 Å². The first-order valence-corrected chi connectivity index (χ1v) is 6.21. The van der Waals surface area contributed by atoms with Crippen molar-refractivity contribution in [3.05, 3.63) is 5.01 Å². The third kappa shape index (κ3) is 4.27. The van der Waals surface area contributed by atoms with E-state index in [1.54, 1.807) is 7.11 Å². The van der Waals surface area contributed by atoms with Crippen LogP contribution in [0.15, 0.2) is 0 Å². The number of aromatic nitrogens is 2. The molecule has 0 saturated heterocycles. The molecule has 1 aromatic heterocycles. The Hall–Kier alpha value is -1.21. The molecule has 96 valence electrons. The Kier molecular flexibility index (Phi) is 4.83. The number of ether oxygens (including phenoxy) is 1. The monoisotopic (exact) mass is 258 g/mol. The molecule has 1 heterocycles. The molecule has 0 aliphatic heterocycles. The van der Waals surface area contributed by atoms with E-state index >= 15 is 0 Å². The van der Waals surface area contributed by atoms with E-state index in [9.17, 15) is 4.79 Å². The molecular weight excluding hydrogens is 240 g/mol. The molecule has 1 amide bonds. The van der Waals surface area contributed by atoms with Crippen LogP contribution in [0, 0.1) is 0 Å². The molecule has 0 atom stereocenters. The molecule has 0 aromatic carbocycles. The molecule has 2 N–H and O–H groups in total. The highest BCUT2D eigenvalue weighted by Crippen LogP contribution is 2.14. The van der Waals surface area contributed by atoms with Crippen molar-refractivity contribution in [2.45, 2.75) is 26.4 Å². The maximum atomic E-state index is 11.7. The molecular formula is C10H18N4O2S. The Morgan fingerprint density at radius 2 is 2.18 bits per heavy atom. The highest BCUT2D eigenvalue weighted by atomic mass is 32.1. The van der Waals surface area contributed by atoms with Crippen LogP contribution in [0.3, 0.4) is 0 Å². The van der Waals surface area contributed by atoms with Gasteiger partial charge < -0.3 is 15.4 Å². The summed E-state index contributed by atoms with van der Waals surface area (Å²) in [5.74, 6) is -0.225. The average molecular weight is 258 g/mol. The Bertz CT molecular complexity index is 378. The number of amides is 1. The van der Waals surface area contributed by atoms with Gasteiger partial charge >= 0.3 is 0 Å². The number of rotatable bonds is 6. The van der Waals surface area contributed by atoms with Crippen LogP contribution >= 0.6 is 11.3 Å². The number of hydrogen-bond donors (Lipinski definition) is 2. The maximum absolute atomic E-state index is 11.7. The quantitative estimate of drug-likeness (QED) is 0.800. The second-order valence-electron chi connectivity index (χ2n) is 4.09. The third-order valence-corrected chi connectivity index (χ3v) is 3.05. The first-order chi connectivity index (χ1) is 7.98. The second-order valence-corrected chi connectivity index (χ2v) is 5.07. The fourth-order valence-corrected chi connectivity index (χ4v) is 1.71. The first kappa shape index (κ1) is 13.9. The van der Waals surface area contributed by atoms with Gasteiger partial charge in [-0.05, 0) is 20.8 Å². The molecule has 1 rings (SSSR count). The zero-order valence-electron chi connectivity index (χ0n) is 10.5. The lowest BCUT2D eigenvalue weighted by molar-refractivity contribution is 0.0228. The summed E-state index contributed by atoms with van der Waals surface area (Å²) in [5.41, 5.74) is -0.384. The molecule has 0 spiro atoms. The second kappa shape index (κ2) is 5.92. The van der Waals surface area contributed by atoms with Crippen LogP contribution in [-0.4, -0.2) is 41.9 Å². The fraction of sp³-hybridized carbons (Fsp3) is 0.700. The van der Waals surface area contributed by atoms with Crippen molar-refractivity contribution in [3.63, 3.8) is 0 Å². The van der Waals surface area contributed by atoms with Gasteiger partial charge in [-0.15, -0.1) is 10.2 Å². The molecule has 0 aliphatic rings. The Labute approximate surface area is 105 Å². The zero-order valence-corrected chi connectivity index (χ0v) is 11.3. The fourth-order valence-electron chi connectivity index (χ4n) is 0.979. The normalized spacial score (nSPS) is 11.3. The Balaban J connectivity index is 2.52. The van der Waals surface area contributed by atoms with Crippen molar-refractivity contribution < 1.29 is 9.53 Å². The summed E-state index contributed by atoms with van der Waals surface area (Å²) < 4.78 is 5.21. The number of methoxy groups -OCH3 is 1. The molecule has 0 fully saturated rings. The van der Waals surface area contributed by atoms with Gasteiger partial charge in [-0.2, -0.15) is 0 Å². The van der Waals surface area contributed by atoms with Crippen LogP contribution in [-0.2, 0) is 4.74 Å². The molecule has 0 unspecified atom stereocenters. The summed E-state index contributed by atoms with van der Waals surface area (Å²) >= 11 is 1.24. The number of carbonyl (C=O) groups is 1. The van der Waals surface area contributed by atoms with Gasteiger partial charge in [0.15, 0.2) is 0 Å². The molecule has 17 heavy (non-hydrogen) atoms. The first-order valence-electron chi connectivity index (χ1n) is 5.39. The van der Waals surface area contributed by atoms with E-state index in [1.807, 2.05) is 20.8 Å². The van der Waals surface area contributed by atoms with Crippen molar-refractivity contribution >= 4 is 22.4 Å². The minimum atomic E-state index is -0.384. The molecule has 0 aliphatic carbocycles. The number of anilines is 1. The minimum Gasteiger partial charge on any atom is -0.377 e. The van der Waals surface area contributed by atoms with Gasteiger partial charge in [0.1, 0.15) is 0 Å². The molecule has 1 aromatic rings.